The number of rotatable bonds is 5. The van der Waals surface area contributed by atoms with Gasteiger partial charge in [-0.2, -0.15) is 0 Å². The highest BCUT2D eigenvalue weighted by atomic mass is 16.5. The van der Waals surface area contributed by atoms with E-state index in [-0.39, 0.29) is 12.5 Å². The first-order valence-corrected chi connectivity index (χ1v) is 8.47. The summed E-state index contributed by atoms with van der Waals surface area (Å²) in [6.45, 7) is 6.20. The third-order valence-corrected chi connectivity index (χ3v) is 4.47. The third-order valence-electron chi connectivity index (χ3n) is 4.47. The molecule has 1 N–H and O–H groups in total. The lowest BCUT2D eigenvalue weighted by molar-refractivity contribution is -0.118. The summed E-state index contributed by atoms with van der Waals surface area (Å²) in [6.07, 6.45) is 2.41. The molecule has 0 spiro atoms. The monoisotopic (exact) mass is 324 g/mol. The fourth-order valence-electron chi connectivity index (χ4n) is 2.95. The zero-order valence-corrected chi connectivity index (χ0v) is 14.3. The van der Waals surface area contributed by atoms with Gasteiger partial charge in [-0.1, -0.05) is 18.2 Å². The first-order valence-electron chi connectivity index (χ1n) is 8.47. The largest absolute Gasteiger partial charge is 0.484 e. The van der Waals surface area contributed by atoms with Crippen LogP contribution in [0.2, 0.25) is 0 Å². The van der Waals surface area contributed by atoms with Crippen molar-refractivity contribution in [1.82, 2.24) is 0 Å². The van der Waals surface area contributed by atoms with E-state index in [4.69, 9.17) is 4.74 Å². The van der Waals surface area contributed by atoms with Gasteiger partial charge in [-0.25, -0.2) is 0 Å². The summed E-state index contributed by atoms with van der Waals surface area (Å²) in [5.41, 5.74) is 4.32. The maximum atomic E-state index is 12.3. The minimum absolute atomic E-state index is 0.0107. The fraction of sp³-hybridized carbons (Fsp3) is 0.350. The number of hydrogen-bond acceptors (Lipinski definition) is 3. The molecule has 1 heterocycles. The van der Waals surface area contributed by atoms with Crippen molar-refractivity contribution in [2.45, 2.75) is 26.7 Å². The van der Waals surface area contributed by atoms with E-state index in [1.54, 1.807) is 0 Å². The number of para-hydroxylation sites is 2. The number of ether oxygens (including phenoxy) is 1. The van der Waals surface area contributed by atoms with Crippen molar-refractivity contribution in [3.05, 3.63) is 53.6 Å². The summed E-state index contributed by atoms with van der Waals surface area (Å²) in [5.74, 6) is 0.584. The number of aryl methyl sites for hydroxylation is 2. The molecule has 126 valence electrons. The molecular formula is C20H24N2O2. The van der Waals surface area contributed by atoms with Crippen LogP contribution in [0.25, 0.3) is 0 Å². The molecule has 1 amide bonds. The van der Waals surface area contributed by atoms with Crippen molar-refractivity contribution >= 4 is 17.3 Å². The van der Waals surface area contributed by atoms with Crippen molar-refractivity contribution < 1.29 is 9.53 Å². The van der Waals surface area contributed by atoms with Crippen LogP contribution in [-0.4, -0.2) is 25.6 Å². The second-order valence-corrected chi connectivity index (χ2v) is 6.29. The van der Waals surface area contributed by atoms with Gasteiger partial charge in [0.25, 0.3) is 5.91 Å². The van der Waals surface area contributed by atoms with Crippen LogP contribution in [0.4, 0.5) is 11.4 Å². The molecule has 24 heavy (non-hydrogen) atoms. The highest BCUT2D eigenvalue weighted by Gasteiger charge is 2.16. The average molecular weight is 324 g/mol. The summed E-state index contributed by atoms with van der Waals surface area (Å²) < 4.78 is 5.62. The Labute approximate surface area is 143 Å². The van der Waals surface area contributed by atoms with Crippen LogP contribution in [0.1, 0.15) is 24.0 Å². The predicted molar refractivity (Wildman–Crippen MR) is 97.9 cm³/mol. The normalized spacial score (nSPS) is 13.8. The summed E-state index contributed by atoms with van der Waals surface area (Å²) in [6, 6.07) is 13.8. The van der Waals surface area contributed by atoms with E-state index in [2.05, 4.69) is 23.2 Å². The number of carbonyl (C=O) groups is 1. The lowest BCUT2D eigenvalue weighted by Crippen LogP contribution is -2.24. The number of nitrogens with one attached hydrogen (secondary N) is 1. The van der Waals surface area contributed by atoms with Crippen molar-refractivity contribution in [3.63, 3.8) is 0 Å². The second kappa shape index (κ2) is 7.39. The Hall–Kier alpha value is -2.49. The van der Waals surface area contributed by atoms with E-state index < -0.39 is 0 Å². The lowest BCUT2D eigenvalue weighted by Gasteiger charge is -2.21. The Bertz CT molecular complexity index is 721. The molecule has 1 aliphatic rings. The smallest absolute Gasteiger partial charge is 0.262 e. The van der Waals surface area contributed by atoms with Crippen LogP contribution < -0.4 is 15.0 Å². The number of hydrogen-bond donors (Lipinski definition) is 1. The molecule has 0 aliphatic carbocycles. The Morgan fingerprint density at radius 1 is 1.08 bits per heavy atom. The first-order chi connectivity index (χ1) is 11.6. The van der Waals surface area contributed by atoms with Crippen molar-refractivity contribution in [1.29, 1.82) is 0 Å². The Morgan fingerprint density at radius 3 is 2.58 bits per heavy atom. The number of anilines is 2. The average Bonchev–Trinajstić information content (AvgIpc) is 3.11. The van der Waals surface area contributed by atoms with Gasteiger partial charge in [0.1, 0.15) is 5.75 Å². The lowest BCUT2D eigenvalue weighted by atomic mass is 10.1. The van der Waals surface area contributed by atoms with Crippen LogP contribution in [0.3, 0.4) is 0 Å². The van der Waals surface area contributed by atoms with Gasteiger partial charge in [-0.15, -0.1) is 0 Å². The molecule has 1 aliphatic heterocycles. The highest BCUT2D eigenvalue weighted by molar-refractivity contribution is 5.95. The van der Waals surface area contributed by atoms with Crippen molar-refractivity contribution in [3.8, 4) is 5.75 Å². The number of carbonyl (C=O) groups excluding carboxylic acids is 1. The first kappa shape index (κ1) is 16.4. The van der Waals surface area contributed by atoms with Crippen LogP contribution >= 0.6 is 0 Å². The van der Waals surface area contributed by atoms with Crippen LogP contribution in [0.5, 0.6) is 5.75 Å². The molecule has 0 radical (unpaired) electrons. The second-order valence-electron chi connectivity index (χ2n) is 6.29. The molecular weight excluding hydrogens is 300 g/mol. The van der Waals surface area contributed by atoms with E-state index >= 15 is 0 Å². The summed E-state index contributed by atoms with van der Waals surface area (Å²) in [5, 5.41) is 2.98. The van der Waals surface area contributed by atoms with Gasteiger partial charge in [-0.05, 0) is 62.1 Å². The van der Waals surface area contributed by atoms with E-state index in [1.165, 1.54) is 18.4 Å². The topological polar surface area (TPSA) is 41.6 Å². The molecule has 0 saturated carbocycles. The summed E-state index contributed by atoms with van der Waals surface area (Å²) in [4.78, 5) is 14.6. The molecule has 0 unspecified atom stereocenters. The van der Waals surface area contributed by atoms with Gasteiger partial charge in [-0.3, -0.25) is 4.79 Å². The van der Waals surface area contributed by atoms with Gasteiger partial charge in [0, 0.05) is 13.1 Å². The van der Waals surface area contributed by atoms with Gasteiger partial charge in [0.2, 0.25) is 0 Å². The van der Waals surface area contributed by atoms with E-state index in [0.29, 0.717) is 0 Å². The molecule has 4 heteroatoms. The predicted octanol–water partition coefficient (Wildman–Crippen LogP) is 3.92. The van der Waals surface area contributed by atoms with Gasteiger partial charge in [0.15, 0.2) is 6.61 Å². The minimum Gasteiger partial charge on any atom is -0.484 e. The Kier molecular flexibility index (Phi) is 5.04. The number of nitrogens with zero attached hydrogens (tertiary/aromatic N) is 1. The minimum atomic E-state index is -0.139. The van der Waals surface area contributed by atoms with E-state index in [0.717, 1.165) is 35.8 Å². The fourth-order valence-corrected chi connectivity index (χ4v) is 2.95. The SMILES string of the molecule is Cc1ccc(OCC(=O)Nc2ccccc2N2CCCC2)cc1C. The Morgan fingerprint density at radius 2 is 1.83 bits per heavy atom. The number of amides is 1. The van der Waals surface area contributed by atoms with Gasteiger partial charge < -0.3 is 15.0 Å². The standard InChI is InChI=1S/C20H24N2O2/c1-15-9-10-17(13-16(15)2)24-14-20(23)21-18-7-3-4-8-19(18)22-11-5-6-12-22/h3-4,7-10,13H,5-6,11-12,14H2,1-2H3,(H,21,23). The van der Waals surface area contributed by atoms with Gasteiger partial charge >= 0.3 is 0 Å². The molecule has 0 aromatic heterocycles. The maximum Gasteiger partial charge on any atom is 0.262 e. The molecule has 0 atom stereocenters. The molecule has 2 aromatic rings. The van der Waals surface area contributed by atoms with E-state index in [9.17, 15) is 4.79 Å². The number of benzene rings is 2. The highest BCUT2D eigenvalue weighted by Crippen LogP contribution is 2.28. The molecule has 4 nitrogen and oxygen atoms in total. The van der Waals surface area contributed by atoms with Crippen LogP contribution in [0, 0.1) is 13.8 Å². The Balaban J connectivity index is 1.61. The molecule has 1 fully saturated rings. The van der Waals surface area contributed by atoms with Crippen LogP contribution in [0.15, 0.2) is 42.5 Å². The van der Waals surface area contributed by atoms with Gasteiger partial charge in [0.05, 0.1) is 11.4 Å². The summed E-state index contributed by atoms with van der Waals surface area (Å²) in [7, 11) is 0. The van der Waals surface area contributed by atoms with Crippen LogP contribution in [-0.2, 0) is 4.79 Å². The molecule has 0 bridgehead atoms. The summed E-state index contributed by atoms with van der Waals surface area (Å²) >= 11 is 0. The molecule has 1 saturated heterocycles. The zero-order chi connectivity index (χ0) is 16.9. The zero-order valence-electron chi connectivity index (χ0n) is 14.3. The van der Waals surface area contributed by atoms with Crippen molar-refractivity contribution in [2.75, 3.05) is 29.9 Å². The van der Waals surface area contributed by atoms with Crippen molar-refractivity contribution in [2.24, 2.45) is 0 Å². The molecule has 3 rings (SSSR count). The molecule has 2 aromatic carbocycles. The third kappa shape index (κ3) is 3.88. The maximum absolute atomic E-state index is 12.3. The quantitative estimate of drug-likeness (QED) is 0.906. The van der Waals surface area contributed by atoms with E-state index in [1.807, 2.05) is 43.3 Å².